The van der Waals surface area contributed by atoms with Gasteiger partial charge < -0.3 is 16.0 Å². The first-order chi connectivity index (χ1) is 15.0. The second kappa shape index (κ2) is 9.09. The van der Waals surface area contributed by atoms with E-state index in [1.165, 1.54) is 11.8 Å². The van der Waals surface area contributed by atoms with Crippen molar-refractivity contribution in [1.82, 2.24) is 20.0 Å². The van der Waals surface area contributed by atoms with Gasteiger partial charge in [-0.2, -0.15) is 5.10 Å². The van der Waals surface area contributed by atoms with Crippen molar-refractivity contribution >= 4 is 23.6 Å². The molecule has 1 aliphatic rings. The minimum Gasteiger partial charge on any atom is -0.365 e. The van der Waals surface area contributed by atoms with Crippen LogP contribution in [0.15, 0.2) is 83.7 Å². The van der Waals surface area contributed by atoms with Crippen molar-refractivity contribution in [3.05, 3.63) is 100 Å². The van der Waals surface area contributed by atoms with Gasteiger partial charge in [0.2, 0.25) is 0 Å². The first-order valence-electron chi connectivity index (χ1n) is 9.86. The quantitative estimate of drug-likeness (QED) is 0.598. The number of carbonyl (C=O) groups excluding carboxylic acids is 2. The molecule has 7 nitrogen and oxygen atoms in total. The van der Waals surface area contributed by atoms with Crippen molar-refractivity contribution in [1.29, 1.82) is 0 Å². The summed E-state index contributed by atoms with van der Waals surface area (Å²) in [6.45, 7) is 3.06. The van der Waals surface area contributed by atoms with Crippen LogP contribution >= 0.6 is 11.8 Å². The average molecular weight is 434 g/mol. The Balaban J connectivity index is 1.47. The third-order valence-electron chi connectivity index (χ3n) is 5.07. The van der Waals surface area contributed by atoms with Gasteiger partial charge in [-0.1, -0.05) is 54.2 Å². The van der Waals surface area contributed by atoms with Gasteiger partial charge in [-0.3, -0.25) is 14.3 Å². The fourth-order valence-corrected chi connectivity index (χ4v) is 4.58. The van der Waals surface area contributed by atoms with E-state index in [9.17, 15) is 9.59 Å². The van der Waals surface area contributed by atoms with Gasteiger partial charge in [0.15, 0.2) is 5.50 Å². The lowest BCUT2D eigenvalue weighted by atomic mass is 10.1. The molecule has 1 aromatic heterocycles. The highest BCUT2D eigenvalue weighted by atomic mass is 32.2. The molecule has 3 aromatic rings. The number of primary amides is 1. The van der Waals surface area contributed by atoms with E-state index in [2.05, 4.69) is 10.4 Å². The molecule has 0 radical (unpaired) electrons. The Labute approximate surface area is 184 Å². The Kier molecular flexibility index (Phi) is 6.08. The molecule has 1 atom stereocenters. The predicted octanol–water partition coefficient (Wildman–Crippen LogP) is 2.91. The third-order valence-corrected chi connectivity index (χ3v) is 6.39. The predicted molar refractivity (Wildman–Crippen MR) is 120 cm³/mol. The number of hydrogen-bond donors (Lipinski definition) is 2. The van der Waals surface area contributed by atoms with Crippen molar-refractivity contribution < 1.29 is 9.59 Å². The molecule has 31 heavy (non-hydrogen) atoms. The lowest BCUT2D eigenvalue weighted by molar-refractivity contribution is -0.114. The second-order valence-corrected chi connectivity index (χ2v) is 8.33. The number of nitrogens with zero attached hydrogens (tertiary/aromatic N) is 3. The zero-order valence-electron chi connectivity index (χ0n) is 17.1. The monoisotopic (exact) mass is 433 g/mol. The van der Waals surface area contributed by atoms with Gasteiger partial charge in [0.25, 0.3) is 11.8 Å². The molecule has 158 valence electrons. The molecule has 0 fully saturated rings. The zero-order valence-corrected chi connectivity index (χ0v) is 17.9. The molecule has 0 saturated heterocycles. The highest BCUT2D eigenvalue weighted by molar-refractivity contribution is 8.04. The highest BCUT2D eigenvalue weighted by Crippen LogP contribution is 2.37. The Morgan fingerprint density at radius 2 is 1.74 bits per heavy atom. The van der Waals surface area contributed by atoms with Gasteiger partial charge in [0, 0.05) is 30.2 Å². The fourth-order valence-electron chi connectivity index (χ4n) is 3.43. The maximum Gasteiger partial charge on any atom is 0.257 e. The van der Waals surface area contributed by atoms with Crippen molar-refractivity contribution in [2.45, 2.75) is 25.5 Å². The fraction of sp³-hybridized carbons (Fsp3) is 0.174. The third kappa shape index (κ3) is 4.80. The summed E-state index contributed by atoms with van der Waals surface area (Å²) in [5, 5.41) is 7.22. The van der Waals surface area contributed by atoms with E-state index in [4.69, 9.17) is 5.73 Å². The van der Waals surface area contributed by atoms with Crippen molar-refractivity contribution in [3.63, 3.8) is 0 Å². The second-order valence-electron chi connectivity index (χ2n) is 7.24. The largest absolute Gasteiger partial charge is 0.365 e. The number of allylic oxidation sites excluding steroid dienone is 1. The Morgan fingerprint density at radius 3 is 2.39 bits per heavy atom. The maximum atomic E-state index is 12.9. The normalized spacial score (nSPS) is 15.9. The molecule has 2 aromatic carbocycles. The molecule has 0 bridgehead atoms. The van der Waals surface area contributed by atoms with Gasteiger partial charge in [-0.05, 0) is 36.2 Å². The molecule has 1 unspecified atom stereocenters. The lowest BCUT2D eigenvalue weighted by Crippen LogP contribution is -2.42. The molecule has 0 spiro atoms. The van der Waals surface area contributed by atoms with Crippen LogP contribution in [0.4, 0.5) is 0 Å². The molecule has 2 heterocycles. The number of rotatable bonds is 7. The first kappa shape index (κ1) is 20.7. The van der Waals surface area contributed by atoms with Gasteiger partial charge in [-0.25, -0.2) is 0 Å². The van der Waals surface area contributed by atoms with Gasteiger partial charge in [-0.15, -0.1) is 0 Å². The average Bonchev–Trinajstić information content (AvgIpc) is 3.38. The van der Waals surface area contributed by atoms with Crippen LogP contribution in [0.3, 0.4) is 0 Å². The molecular formula is C23H23N5O2S. The standard InChI is InChI=1S/C23H23N5O2S/c1-16-20(21(24)29)31-23(28(16)15-17-6-3-2-4-7-17)26-22(30)19-10-8-18(9-11-19)14-27-13-5-12-25-27/h2-13,23H,14-15H2,1H3,(H2,24,29)(H,26,30). The summed E-state index contributed by atoms with van der Waals surface area (Å²) < 4.78 is 1.82. The van der Waals surface area contributed by atoms with Crippen molar-refractivity contribution in [2.24, 2.45) is 5.73 Å². The molecule has 0 saturated carbocycles. The van der Waals surface area contributed by atoms with Gasteiger partial charge in [0.1, 0.15) is 0 Å². The number of amides is 2. The number of aromatic nitrogens is 2. The van der Waals surface area contributed by atoms with Crippen LogP contribution in [0, 0.1) is 0 Å². The Hall–Kier alpha value is -3.52. The highest BCUT2D eigenvalue weighted by Gasteiger charge is 2.34. The van der Waals surface area contributed by atoms with Crippen LogP contribution in [0.1, 0.15) is 28.4 Å². The number of benzene rings is 2. The number of thioether (sulfide) groups is 1. The summed E-state index contributed by atoms with van der Waals surface area (Å²) >= 11 is 1.27. The van der Waals surface area contributed by atoms with Crippen molar-refractivity contribution in [2.75, 3.05) is 0 Å². The summed E-state index contributed by atoms with van der Waals surface area (Å²) in [4.78, 5) is 27.2. The summed E-state index contributed by atoms with van der Waals surface area (Å²) in [6.07, 6.45) is 3.63. The molecule has 0 aliphatic carbocycles. The molecule has 1 aliphatic heterocycles. The van der Waals surface area contributed by atoms with Crippen LogP contribution in [0.2, 0.25) is 0 Å². The van der Waals surface area contributed by atoms with E-state index in [0.29, 0.717) is 23.6 Å². The Bertz CT molecular complexity index is 1090. The summed E-state index contributed by atoms with van der Waals surface area (Å²) in [5.74, 6) is -0.694. The molecule has 8 heteroatoms. The van der Waals surface area contributed by atoms with Crippen LogP contribution in [-0.4, -0.2) is 32.0 Å². The van der Waals surface area contributed by atoms with Gasteiger partial charge in [0.05, 0.1) is 11.4 Å². The summed E-state index contributed by atoms with van der Waals surface area (Å²) in [6, 6.07) is 19.2. The van der Waals surface area contributed by atoms with E-state index in [-0.39, 0.29) is 5.91 Å². The minimum absolute atomic E-state index is 0.209. The number of nitrogens with two attached hydrogens (primary N) is 1. The van der Waals surface area contributed by atoms with E-state index in [1.54, 1.807) is 18.3 Å². The van der Waals surface area contributed by atoms with Crippen LogP contribution in [0.5, 0.6) is 0 Å². The van der Waals surface area contributed by atoms with E-state index in [0.717, 1.165) is 16.8 Å². The molecular weight excluding hydrogens is 410 g/mol. The minimum atomic E-state index is -0.486. The van der Waals surface area contributed by atoms with Crippen LogP contribution in [0.25, 0.3) is 0 Å². The van der Waals surface area contributed by atoms with Gasteiger partial charge >= 0.3 is 0 Å². The van der Waals surface area contributed by atoms with E-state index >= 15 is 0 Å². The summed E-state index contributed by atoms with van der Waals surface area (Å²) in [7, 11) is 0. The number of hydrogen-bond acceptors (Lipinski definition) is 5. The first-order valence-corrected chi connectivity index (χ1v) is 10.7. The maximum absolute atomic E-state index is 12.9. The smallest absolute Gasteiger partial charge is 0.257 e. The van der Waals surface area contributed by atoms with E-state index < -0.39 is 11.4 Å². The van der Waals surface area contributed by atoms with Crippen LogP contribution in [-0.2, 0) is 17.9 Å². The lowest BCUT2D eigenvalue weighted by Gasteiger charge is -2.28. The number of carbonyl (C=O) groups is 2. The topological polar surface area (TPSA) is 93.2 Å². The van der Waals surface area contributed by atoms with E-state index in [1.807, 2.05) is 71.2 Å². The molecule has 3 N–H and O–H groups in total. The SMILES string of the molecule is CC1=C(C(N)=O)SC(NC(=O)c2ccc(Cn3cccn3)cc2)N1Cc1ccccc1. The Morgan fingerprint density at radius 1 is 1.03 bits per heavy atom. The number of nitrogens with one attached hydrogen (secondary N) is 1. The summed E-state index contributed by atoms with van der Waals surface area (Å²) in [5.41, 5.74) is 8.58. The van der Waals surface area contributed by atoms with Crippen molar-refractivity contribution in [3.8, 4) is 0 Å². The van der Waals surface area contributed by atoms with Crippen LogP contribution < -0.4 is 11.1 Å². The zero-order chi connectivity index (χ0) is 21.8. The molecule has 4 rings (SSSR count). The molecule has 2 amide bonds.